The highest BCUT2D eigenvalue weighted by Gasteiger charge is 2.20. The third-order valence-corrected chi connectivity index (χ3v) is 2.75. The van der Waals surface area contributed by atoms with Gasteiger partial charge in [0.25, 0.3) is 11.8 Å². The monoisotopic (exact) mass is 306 g/mol. The number of carbonyl (C=O) groups is 3. The van der Waals surface area contributed by atoms with Crippen molar-refractivity contribution in [2.45, 2.75) is 6.54 Å². The van der Waals surface area contributed by atoms with E-state index in [0.29, 0.717) is 0 Å². The van der Waals surface area contributed by atoms with Gasteiger partial charge >= 0.3 is 5.97 Å². The predicted molar refractivity (Wildman–Crippen MR) is 74.4 cm³/mol. The van der Waals surface area contributed by atoms with Crippen LogP contribution in [0.1, 0.15) is 21.0 Å². The molecule has 0 radical (unpaired) electrons. The Bertz CT molecular complexity index is 732. The molecular formula is C12H14N6O4. The largest absolute Gasteiger partial charge is 0.480 e. The summed E-state index contributed by atoms with van der Waals surface area (Å²) >= 11 is 0. The molecule has 2 aromatic heterocycles. The van der Waals surface area contributed by atoms with Crippen molar-refractivity contribution in [3.8, 4) is 0 Å². The predicted octanol–water partition coefficient (Wildman–Crippen LogP) is -0.687. The number of hydrogen-bond acceptors (Lipinski definition) is 5. The Morgan fingerprint density at radius 3 is 2.68 bits per heavy atom. The molecule has 10 heteroatoms. The lowest BCUT2D eigenvalue weighted by Crippen LogP contribution is -2.23. The van der Waals surface area contributed by atoms with E-state index >= 15 is 0 Å². The van der Waals surface area contributed by atoms with Crippen molar-refractivity contribution in [2.75, 3.05) is 12.4 Å². The van der Waals surface area contributed by atoms with Crippen molar-refractivity contribution in [3.05, 3.63) is 29.8 Å². The molecule has 0 spiro atoms. The molecular weight excluding hydrogens is 292 g/mol. The van der Waals surface area contributed by atoms with Gasteiger partial charge in [0, 0.05) is 26.5 Å². The van der Waals surface area contributed by atoms with Crippen molar-refractivity contribution in [1.82, 2.24) is 24.9 Å². The van der Waals surface area contributed by atoms with Crippen molar-refractivity contribution < 1.29 is 19.5 Å². The molecule has 0 atom stereocenters. The Labute approximate surface area is 124 Å². The van der Waals surface area contributed by atoms with Crippen LogP contribution >= 0.6 is 0 Å². The Kier molecular flexibility index (Phi) is 4.20. The van der Waals surface area contributed by atoms with Crippen molar-refractivity contribution in [2.24, 2.45) is 7.05 Å². The second kappa shape index (κ2) is 6.08. The van der Waals surface area contributed by atoms with Crippen LogP contribution in [0.3, 0.4) is 0 Å². The standard InChI is InChI=1S/C12H14N6O4/c1-13-12(22)10-7(5-17(2)16-10)15-11(21)8-3-4-14-18(8)6-9(19)20/h3-5H,6H2,1-2H3,(H,13,22)(H,15,21)(H,19,20). The number of rotatable bonds is 5. The number of anilines is 1. The van der Waals surface area contributed by atoms with Gasteiger partial charge in [-0.1, -0.05) is 0 Å². The molecule has 0 bridgehead atoms. The summed E-state index contributed by atoms with van der Waals surface area (Å²) in [5.41, 5.74) is 0.340. The summed E-state index contributed by atoms with van der Waals surface area (Å²) in [7, 11) is 3.06. The number of aromatic nitrogens is 4. The lowest BCUT2D eigenvalue weighted by molar-refractivity contribution is -0.137. The number of carbonyl (C=O) groups excluding carboxylic acids is 2. The van der Waals surface area contributed by atoms with E-state index < -0.39 is 24.3 Å². The quantitative estimate of drug-likeness (QED) is 0.670. The number of carboxylic acid groups (broad SMARTS) is 1. The van der Waals surface area contributed by atoms with Crippen molar-refractivity contribution in [1.29, 1.82) is 0 Å². The molecule has 2 aromatic rings. The van der Waals surface area contributed by atoms with Crippen LogP contribution in [-0.2, 0) is 18.4 Å². The Hall–Kier alpha value is -3.17. The number of nitrogens with zero attached hydrogens (tertiary/aromatic N) is 4. The maximum Gasteiger partial charge on any atom is 0.325 e. The molecule has 22 heavy (non-hydrogen) atoms. The first-order valence-corrected chi connectivity index (χ1v) is 6.23. The highest BCUT2D eigenvalue weighted by Crippen LogP contribution is 2.14. The van der Waals surface area contributed by atoms with E-state index in [0.717, 1.165) is 4.68 Å². The molecule has 0 saturated heterocycles. The molecule has 0 saturated carbocycles. The number of aliphatic carboxylic acids is 1. The van der Waals surface area contributed by atoms with Crippen LogP contribution in [0, 0.1) is 0 Å². The van der Waals surface area contributed by atoms with Gasteiger partial charge in [0.1, 0.15) is 12.2 Å². The van der Waals surface area contributed by atoms with E-state index in [1.54, 1.807) is 7.05 Å². The average molecular weight is 306 g/mol. The van der Waals surface area contributed by atoms with Gasteiger partial charge in [-0.25, -0.2) is 4.68 Å². The minimum Gasteiger partial charge on any atom is -0.480 e. The second-order valence-corrected chi connectivity index (χ2v) is 4.37. The van der Waals surface area contributed by atoms with Gasteiger partial charge in [0.15, 0.2) is 5.69 Å². The number of carboxylic acids is 1. The minimum atomic E-state index is -1.12. The molecule has 116 valence electrons. The average Bonchev–Trinajstić information content (AvgIpc) is 3.04. The van der Waals surface area contributed by atoms with E-state index in [2.05, 4.69) is 20.8 Å². The van der Waals surface area contributed by atoms with E-state index in [1.165, 1.54) is 30.2 Å². The minimum absolute atomic E-state index is 0.0580. The molecule has 0 aromatic carbocycles. The van der Waals surface area contributed by atoms with E-state index in [-0.39, 0.29) is 17.1 Å². The van der Waals surface area contributed by atoms with Crippen LogP contribution in [0.2, 0.25) is 0 Å². The fourth-order valence-corrected chi connectivity index (χ4v) is 1.83. The maximum atomic E-state index is 12.2. The Morgan fingerprint density at radius 1 is 1.32 bits per heavy atom. The number of amides is 2. The summed E-state index contributed by atoms with van der Waals surface area (Å²) in [4.78, 5) is 34.6. The van der Waals surface area contributed by atoms with Crippen LogP contribution in [0.4, 0.5) is 5.69 Å². The molecule has 2 amide bonds. The summed E-state index contributed by atoms with van der Waals surface area (Å²) in [5.74, 6) is -2.16. The van der Waals surface area contributed by atoms with Gasteiger partial charge in [0.05, 0.1) is 5.69 Å². The first kappa shape index (κ1) is 15.2. The zero-order chi connectivity index (χ0) is 16.3. The van der Waals surface area contributed by atoms with Gasteiger partial charge < -0.3 is 15.7 Å². The van der Waals surface area contributed by atoms with Gasteiger partial charge in [-0.15, -0.1) is 0 Å². The molecule has 2 heterocycles. The molecule has 0 unspecified atom stereocenters. The first-order valence-electron chi connectivity index (χ1n) is 6.23. The second-order valence-electron chi connectivity index (χ2n) is 4.37. The van der Waals surface area contributed by atoms with E-state index in [9.17, 15) is 14.4 Å². The van der Waals surface area contributed by atoms with Crippen LogP contribution in [-0.4, -0.2) is 49.5 Å². The van der Waals surface area contributed by atoms with Gasteiger partial charge in [-0.05, 0) is 6.07 Å². The molecule has 0 aliphatic carbocycles. The molecule has 3 N–H and O–H groups in total. The summed E-state index contributed by atoms with van der Waals surface area (Å²) in [6.07, 6.45) is 2.79. The molecule has 2 rings (SSSR count). The number of hydrogen-bond donors (Lipinski definition) is 3. The van der Waals surface area contributed by atoms with Crippen LogP contribution in [0.25, 0.3) is 0 Å². The third kappa shape index (κ3) is 3.11. The molecule has 0 aliphatic heterocycles. The highest BCUT2D eigenvalue weighted by atomic mass is 16.4. The fourth-order valence-electron chi connectivity index (χ4n) is 1.83. The lowest BCUT2D eigenvalue weighted by Gasteiger charge is -2.06. The topological polar surface area (TPSA) is 131 Å². The number of aryl methyl sites for hydroxylation is 1. The lowest BCUT2D eigenvalue weighted by atomic mass is 10.3. The van der Waals surface area contributed by atoms with Crippen LogP contribution in [0.15, 0.2) is 18.5 Å². The molecule has 0 fully saturated rings. The maximum absolute atomic E-state index is 12.2. The van der Waals surface area contributed by atoms with Crippen LogP contribution < -0.4 is 10.6 Å². The SMILES string of the molecule is CNC(=O)c1nn(C)cc1NC(=O)c1ccnn1CC(=O)O. The summed E-state index contributed by atoms with van der Waals surface area (Å²) in [6.45, 7) is -0.439. The summed E-state index contributed by atoms with van der Waals surface area (Å²) in [5, 5.41) is 21.5. The Balaban J connectivity index is 2.25. The van der Waals surface area contributed by atoms with Gasteiger partial charge in [-0.2, -0.15) is 10.2 Å². The summed E-state index contributed by atoms with van der Waals surface area (Å²) in [6, 6.07) is 1.38. The van der Waals surface area contributed by atoms with Gasteiger partial charge in [0.2, 0.25) is 0 Å². The highest BCUT2D eigenvalue weighted by molar-refractivity contribution is 6.07. The van der Waals surface area contributed by atoms with E-state index in [1.807, 2.05) is 0 Å². The van der Waals surface area contributed by atoms with Crippen molar-refractivity contribution >= 4 is 23.5 Å². The fraction of sp³-hybridized carbons (Fsp3) is 0.250. The third-order valence-electron chi connectivity index (χ3n) is 2.75. The zero-order valence-corrected chi connectivity index (χ0v) is 11.9. The first-order chi connectivity index (χ1) is 10.4. The normalized spacial score (nSPS) is 10.3. The van der Waals surface area contributed by atoms with Crippen LogP contribution in [0.5, 0.6) is 0 Å². The zero-order valence-electron chi connectivity index (χ0n) is 11.9. The molecule has 0 aliphatic rings. The smallest absolute Gasteiger partial charge is 0.325 e. The van der Waals surface area contributed by atoms with Gasteiger partial charge in [-0.3, -0.25) is 19.1 Å². The van der Waals surface area contributed by atoms with Crippen molar-refractivity contribution in [3.63, 3.8) is 0 Å². The van der Waals surface area contributed by atoms with E-state index in [4.69, 9.17) is 5.11 Å². The summed E-state index contributed by atoms with van der Waals surface area (Å²) < 4.78 is 2.43. The Morgan fingerprint density at radius 2 is 2.05 bits per heavy atom. The number of nitrogens with one attached hydrogen (secondary N) is 2. The molecule has 10 nitrogen and oxygen atoms in total.